The van der Waals surface area contributed by atoms with Crippen LogP contribution in [0.5, 0.6) is 0 Å². The Kier molecular flexibility index (Phi) is 5.43. The Bertz CT molecular complexity index is 344. The van der Waals surface area contributed by atoms with Crippen molar-refractivity contribution in [3.05, 3.63) is 6.33 Å². The predicted octanol–water partition coefficient (Wildman–Crippen LogP) is 0.828. The molecule has 1 aromatic rings. The summed E-state index contributed by atoms with van der Waals surface area (Å²) in [7, 11) is 0. The summed E-state index contributed by atoms with van der Waals surface area (Å²) in [5, 5.41) is 10.3. The van der Waals surface area contributed by atoms with E-state index in [4.69, 9.17) is 4.74 Å². The Morgan fingerprint density at radius 1 is 1.65 bits per heavy atom. The van der Waals surface area contributed by atoms with Crippen molar-refractivity contribution in [2.24, 2.45) is 0 Å². The van der Waals surface area contributed by atoms with E-state index in [1.165, 1.54) is 18.1 Å². The zero-order chi connectivity index (χ0) is 12.7. The van der Waals surface area contributed by atoms with E-state index in [0.717, 1.165) is 0 Å². The molecule has 1 rings (SSSR count). The molecule has 7 heteroatoms. The van der Waals surface area contributed by atoms with Crippen LogP contribution in [-0.4, -0.2) is 45.6 Å². The molecule has 0 saturated carbocycles. The molecule has 6 nitrogen and oxygen atoms in total. The Balaban J connectivity index is 2.60. The molecule has 0 bridgehead atoms. The number of hydrogen-bond acceptors (Lipinski definition) is 6. The first-order valence-electron chi connectivity index (χ1n) is 5.52. The zero-order valence-corrected chi connectivity index (χ0v) is 11.1. The molecule has 0 saturated heterocycles. The average Bonchev–Trinajstić information content (AvgIpc) is 2.80. The number of carbonyl (C=O) groups is 1. The molecule has 1 unspecified atom stereocenters. The highest BCUT2D eigenvalue weighted by Gasteiger charge is 2.34. The van der Waals surface area contributed by atoms with Crippen molar-refractivity contribution >= 4 is 17.7 Å². The van der Waals surface area contributed by atoms with Gasteiger partial charge >= 0.3 is 5.97 Å². The quantitative estimate of drug-likeness (QED) is 0.557. The molecule has 0 aliphatic carbocycles. The van der Waals surface area contributed by atoms with E-state index in [-0.39, 0.29) is 5.97 Å². The summed E-state index contributed by atoms with van der Waals surface area (Å²) in [4.78, 5) is 15.9. The number of esters is 1. The van der Waals surface area contributed by atoms with Crippen LogP contribution < -0.4 is 5.32 Å². The molecule has 2 N–H and O–H groups in total. The second-order valence-electron chi connectivity index (χ2n) is 3.66. The molecule has 17 heavy (non-hydrogen) atoms. The lowest BCUT2D eigenvalue weighted by atomic mass is 10.1. The van der Waals surface area contributed by atoms with E-state index >= 15 is 0 Å². The molecule has 0 radical (unpaired) electrons. The minimum atomic E-state index is -0.706. The number of carbonyl (C=O) groups excluding carboxylic acids is 1. The van der Waals surface area contributed by atoms with E-state index in [0.29, 0.717) is 24.1 Å². The third-order valence-corrected chi connectivity index (χ3v) is 3.38. The van der Waals surface area contributed by atoms with Crippen LogP contribution in [0.1, 0.15) is 20.8 Å². The van der Waals surface area contributed by atoms with Crippen LogP contribution in [-0.2, 0) is 9.53 Å². The third kappa shape index (κ3) is 4.01. The minimum absolute atomic E-state index is 0.242. The largest absolute Gasteiger partial charge is 0.465 e. The normalized spacial score (nSPS) is 14.3. The SMILES string of the molecule is CCNC(C)(CSc1ncn[nH]1)C(=O)OCC. The van der Waals surface area contributed by atoms with Gasteiger partial charge in [0.25, 0.3) is 0 Å². The molecular weight excluding hydrogens is 240 g/mol. The van der Waals surface area contributed by atoms with Crippen molar-refractivity contribution in [3.8, 4) is 0 Å². The molecule has 0 aromatic carbocycles. The number of aromatic nitrogens is 3. The zero-order valence-electron chi connectivity index (χ0n) is 10.3. The van der Waals surface area contributed by atoms with Crippen molar-refractivity contribution in [2.75, 3.05) is 18.9 Å². The predicted molar refractivity (Wildman–Crippen MR) is 65.8 cm³/mol. The van der Waals surface area contributed by atoms with Crippen LogP contribution in [0, 0.1) is 0 Å². The van der Waals surface area contributed by atoms with Crippen LogP contribution in [0.2, 0.25) is 0 Å². The highest BCUT2D eigenvalue weighted by atomic mass is 32.2. The van der Waals surface area contributed by atoms with Gasteiger partial charge in [-0.05, 0) is 20.4 Å². The smallest absolute Gasteiger partial charge is 0.326 e. The van der Waals surface area contributed by atoms with Crippen LogP contribution in [0.3, 0.4) is 0 Å². The molecule has 0 spiro atoms. The number of aromatic amines is 1. The van der Waals surface area contributed by atoms with E-state index in [1.54, 1.807) is 6.92 Å². The van der Waals surface area contributed by atoms with E-state index in [2.05, 4.69) is 20.5 Å². The summed E-state index contributed by atoms with van der Waals surface area (Å²) < 4.78 is 5.07. The molecule has 0 aliphatic heterocycles. The topological polar surface area (TPSA) is 79.9 Å². The average molecular weight is 258 g/mol. The van der Waals surface area contributed by atoms with Gasteiger partial charge in [0, 0.05) is 5.75 Å². The van der Waals surface area contributed by atoms with Gasteiger partial charge in [-0.3, -0.25) is 9.89 Å². The number of nitrogens with one attached hydrogen (secondary N) is 2. The Labute approximate surface area is 105 Å². The fourth-order valence-electron chi connectivity index (χ4n) is 1.34. The van der Waals surface area contributed by atoms with E-state index in [1.807, 2.05) is 13.8 Å². The highest BCUT2D eigenvalue weighted by Crippen LogP contribution is 2.19. The van der Waals surface area contributed by atoms with E-state index in [9.17, 15) is 4.79 Å². The lowest BCUT2D eigenvalue weighted by molar-refractivity contribution is -0.149. The van der Waals surface area contributed by atoms with Crippen LogP contribution in [0.15, 0.2) is 11.5 Å². The molecular formula is C10H18N4O2S. The summed E-state index contributed by atoms with van der Waals surface area (Å²) in [5.74, 6) is 0.295. The fourth-order valence-corrected chi connectivity index (χ4v) is 2.22. The number of nitrogens with zero attached hydrogens (tertiary/aromatic N) is 2. The first-order chi connectivity index (χ1) is 8.12. The number of likely N-dealkylation sites (N-methyl/N-ethyl adjacent to an activating group) is 1. The molecule has 1 atom stereocenters. The number of thioether (sulfide) groups is 1. The van der Waals surface area contributed by atoms with Crippen molar-refractivity contribution in [2.45, 2.75) is 31.5 Å². The fraction of sp³-hybridized carbons (Fsp3) is 0.700. The van der Waals surface area contributed by atoms with Gasteiger partial charge in [0.15, 0.2) is 5.16 Å². The van der Waals surface area contributed by atoms with Gasteiger partial charge in [-0.15, -0.1) is 0 Å². The number of hydrogen-bond donors (Lipinski definition) is 2. The molecule has 0 aliphatic rings. The first kappa shape index (κ1) is 14.0. The standard InChI is InChI=1S/C10H18N4O2S/c1-4-12-10(3,8(15)16-5-2)6-17-9-11-7-13-14-9/h7,12H,4-6H2,1-3H3,(H,11,13,14). The lowest BCUT2D eigenvalue weighted by Crippen LogP contribution is -2.52. The molecule has 1 aromatic heterocycles. The number of ether oxygens (including phenoxy) is 1. The summed E-state index contributed by atoms with van der Waals surface area (Å²) >= 11 is 1.44. The monoisotopic (exact) mass is 258 g/mol. The lowest BCUT2D eigenvalue weighted by Gasteiger charge is -2.27. The minimum Gasteiger partial charge on any atom is -0.465 e. The van der Waals surface area contributed by atoms with Crippen molar-refractivity contribution in [1.29, 1.82) is 0 Å². The number of rotatable bonds is 7. The Hall–Kier alpha value is -1.08. The maximum absolute atomic E-state index is 11.9. The van der Waals surface area contributed by atoms with Gasteiger partial charge < -0.3 is 10.1 Å². The van der Waals surface area contributed by atoms with Crippen molar-refractivity contribution in [1.82, 2.24) is 20.5 Å². The van der Waals surface area contributed by atoms with Crippen LogP contribution >= 0.6 is 11.8 Å². The molecule has 0 fully saturated rings. The maximum Gasteiger partial charge on any atom is 0.326 e. The maximum atomic E-state index is 11.9. The van der Waals surface area contributed by atoms with Crippen molar-refractivity contribution in [3.63, 3.8) is 0 Å². The van der Waals surface area contributed by atoms with Crippen LogP contribution in [0.4, 0.5) is 0 Å². The van der Waals surface area contributed by atoms with Crippen LogP contribution in [0.25, 0.3) is 0 Å². The molecule has 0 amide bonds. The van der Waals surface area contributed by atoms with Gasteiger partial charge in [-0.2, -0.15) is 5.10 Å². The highest BCUT2D eigenvalue weighted by molar-refractivity contribution is 7.99. The Morgan fingerprint density at radius 3 is 2.94 bits per heavy atom. The molecule has 96 valence electrons. The van der Waals surface area contributed by atoms with Gasteiger partial charge in [0.2, 0.25) is 0 Å². The van der Waals surface area contributed by atoms with Gasteiger partial charge in [-0.25, -0.2) is 4.98 Å². The summed E-state index contributed by atoms with van der Waals surface area (Å²) in [5.41, 5.74) is -0.706. The summed E-state index contributed by atoms with van der Waals surface area (Å²) in [6, 6.07) is 0. The first-order valence-corrected chi connectivity index (χ1v) is 6.51. The second-order valence-corrected chi connectivity index (χ2v) is 4.63. The van der Waals surface area contributed by atoms with E-state index < -0.39 is 5.54 Å². The molecule has 1 heterocycles. The van der Waals surface area contributed by atoms with Crippen molar-refractivity contribution < 1.29 is 9.53 Å². The van der Waals surface area contributed by atoms with Gasteiger partial charge in [0.05, 0.1) is 6.61 Å². The van der Waals surface area contributed by atoms with Gasteiger partial charge in [0.1, 0.15) is 11.9 Å². The van der Waals surface area contributed by atoms with Gasteiger partial charge in [-0.1, -0.05) is 18.7 Å². The second kappa shape index (κ2) is 6.61. The Morgan fingerprint density at radius 2 is 2.41 bits per heavy atom. The summed E-state index contributed by atoms with van der Waals surface area (Å²) in [6.45, 7) is 6.67. The number of H-pyrrole nitrogens is 1. The summed E-state index contributed by atoms with van der Waals surface area (Å²) in [6.07, 6.45) is 1.44. The third-order valence-electron chi connectivity index (χ3n) is 2.18.